The van der Waals surface area contributed by atoms with Crippen LogP contribution in [0.1, 0.15) is 5.56 Å². The third kappa shape index (κ3) is 4.20. The van der Waals surface area contributed by atoms with Crippen LogP contribution in [0.25, 0.3) is 16.7 Å². The van der Waals surface area contributed by atoms with Crippen LogP contribution in [0.4, 0.5) is 0 Å². The molecule has 1 aliphatic rings. The molecule has 5 rings (SSSR count). The highest BCUT2D eigenvalue weighted by molar-refractivity contribution is 6.35. The average molecular weight is 491 g/mol. The van der Waals surface area contributed by atoms with Crippen molar-refractivity contribution in [2.24, 2.45) is 0 Å². The van der Waals surface area contributed by atoms with Gasteiger partial charge in [-0.05, 0) is 53.6 Å². The van der Waals surface area contributed by atoms with E-state index in [2.05, 4.69) is 11.6 Å². The van der Waals surface area contributed by atoms with Crippen molar-refractivity contribution in [3.8, 4) is 17.2 Å². The maximum Gasteiger partial charge on any atom is 0.264 e. The maximum atomic E-state index is 13.6. The Hall–Kier alpha value is -3.54. The number of halogens is 2. The summed E-state index contributed by atoms with van der Waals surface area (Å²) in [6.45, 7) is 4.65. The standard InChI is InChI=1S/C27H20Cl2N2O3/c1-17(15-33-24-12-10-19(28)14-23(24)29)18-9-11-22-25(34-16-18)21-8-5-13-30-26(21)31(27(22)32)20-6-3-2-4-7-20/h2-10,12-14H,1,11,15-16H2. The van der Waals surface area contributed by atoms with Gasteiger partial charge in [0.05, 0.1) is 21.7 Å². The van der Waals surface area contributed by atoms with Crippen molar-refractivity contribution >= 4 is 34.2 Å². The van der Waals surface area contributed by atoms with Gasteiger partial charge in [0, 0.05) is 17.6 Å². The molecule has 0 spiro atoms. The van der Waals surface area contributed by atoms with Gasteiger partial charge >= 0.3 is 0 Å². The molecule has 34 heavy (non-hydrogen) atoms. The highest BCUT2D eigenvalue weighted by atomic mass is 35.5. The van der Waals surface area contributed by atoms with E-state index in [1.165, 1.54) is 0 Å². The molecule has 0 atom stereocenters. The molecule has 7 heteroatoms. The minimum atomic E-state index is -0.153. The van der Waals surface area contributed by atoms with Gasteiger partial charge in [0.2, 0.25) is 0 Å². The van der Waals surface area contributed by atoms with Crippen molar-refractivity contribution in [2.75, 3.05) is 13.2 Å². The van der Waals surface area contributed by atoms with Crippen molar-refractivity contribution < 1.29 is 9.47 Å². The lowest BCUT2D eigenvalue weighted by atomic mass is 10.1. The van der Waals surface area contributed by atoms with Gasteiger partial charge in [0.25, 0.3) is 5.56 Å². The van der Waals surface area contributed by atoms with E-state index in [1.807, 2.05) is 48.5 Å². The molecule has 3 heterocycles. The number of aromatic nitrogens is 2. The molecule has 1 aliphatic heterocycles. The highest BCUT2D eigenvalue weighted by Crippen LogP contribution is 2.32. The molecule has 2 aromatic heterocycles. The van der Waals surface area contributed by atoms with Crippen molar-refractivity contribution in [1.82, 2.24) is 9.55 Å². The molecule has 0 amide bonds. The first-order valence-electron chi connectivity index (χ1n) is 10.7. The van der Waals surface area contributed by atoms with E-state index in [0.29, 0.717) is 39.2 Å². The molecule has 0 aliphatic carbocycles. The zero-order chi connectivity index (χ0) is 23.7. The predicted molar refractivity (Wildman–Crippen MR) is 136 cm³/mol. The fourth-order valence-corrected chi connectivity index (χ4v) is 4.40. The summed E-state index contributed by atoms with van der Waals surface area (Å²) in [5.41, 5.74) is 3.34. The van der Waals surface area contributed by atoms with Crippen LogP contribution in [0.2, 0.25) is 10.0 Å². The van der Waals surface area contributed by atoms with Gasteiger partial charge in [0.15, 0.2) is 5.65 Å². The lowest BCUT2D eigenvalue weighted by Crippen LogP contribution is -2.24. The van der Waals surface area contributed by atoms with Crippen molar-refractivity contribution in [2.45, 2.75) is 6.42 Å². The molecule has 0 N–H and O–H groups in total. The normalized spacial score (nSPS) is 12.9. The molecular formula is C27H20Cl2N2O3. The van der Waals surface area contributed by atoms with Crippen LogP contribution in [-0.4, -0.2) is 22.8 Å². The van der Waals surface area contributed by atoms with Crippen molar-refractivity contribution in [3.63, 3.8) is 0 Å². The van der Waals surface area contributed by atoms with Gasteiger partial charge in [0.1, 0.15) is 24.7 Å². The van der Waals surface area contributed by atoms with Crippen LogP contribution in [0, 0.1) is 0 Å². The number of allylic oxidation sites excluding steroid dienone is 1. The van der Waals surface area contributed by atoms with Crippen molar-refractivity contribution in [1.29, 1.82) is 0 Å². The Labute approximate surface area is 206 Å². The number of hydrogen-bond donors (Lipinski definition) is 0. The predicted octanol–water partition coefficient (Wildman–Crippen LogP) is 6.19. The van der Waals surface area contributed by atoms with Gasteiger partial charge in [-0.15, -0.1) is 0 Å². The Morgan fingerprint density at radius 3 is 2.74 bits per heavy atom. The van der Waals surface area contributed by atoms with Crippen LogP contribution in [0.3, 0.4) is 0 Å². The fourth-order valence-electron chi connectivity index (χ4n) is 3.94. The molecule has 0 saturated carbocycles. The molecule has 5 nitrogen and oxygen atoms in total. The van der Waals surface area contributed by atoms with E-state index in [1.54, 1.807) is 29.0 Å². The first-order valence-corrected chi connectivity index (χ1v) is 11.4. The number of nitrogens with zero attached hydrogens (tertiary/aromatic N) is 2. The van der Waals surface area contributed by atoms with E-state index in [4.69, 9.17) is 32.7 Å². The Kier molecular flexibility index (Phi) is 6.14. The third-order valence-electron chi connectivity index (χ3n) is 5.67. The largest absolute Gasteiger partial charge is 0.488 e. The fraction of sp³-hybridized carbons (Fsp3) is 0.111. The summed E-state index contributed by atoms with van der Waals surface area (Å²) in [5.74, 6) is 1.08. The molecule has 0 bridgehead atoms. The number of benzene rings is 2. The number of fused-ring (bicyclic) bond motifs is 3. The number of hydrogen-bond acceptors (Lipinski definition) is 4. The van der Waals surface area contributed by atoms with Gasteiger partial charge in [-0.3, -0.25) is 9.36 Å². The Morgan fingerprint density at radius 1 is 1.12 bits per heavy atom. The Bertz CT molecular complexity index is 1490. The SMILES string of the molecule is C=C(COc1ccc(Cl)cc1Cl)C1=CCc2c(c3cccnc3n(-c3ccccc3)c2=O)OC1. The molecule has 4 aromatic rings. The van der Waals surface area contributed by atoms with Crippen LogP contribution < -0.4 is 15.0 Å². The number of ether oxygens (including phenoxy) is 2. The molecular weight excluding hydrogens is 471 g/mol. The summed E-state index contributed by atoms with van der Waals surface area (Å²) < 4.78 is 13.6. The second-order valence-electron chi connectivity index (χ2n) is 7.85. The van der Waals surface area contributed by atoms with Gasteiger partial charge in [-0.1, -0.05) is 54.1 Å². The molecule has 0 radical (unpaired) electrons. The zero-order valence-corrected chi connectivity index (χ0v) is 19.6. The summed E-state index contributed by atoms with van der Waals surface area (Å²) in [4.78, 5) is 18.1. The minimum Gasteiger partial charge on any atom is -0.488 e. The first kappa shape index (κ1) is 22.3. The number of rotatable bonds is 5. The Morgan fingerprint density at radius 2 is 1.94 bits per heavy atom. The van der Waals surface area contributed by atoms with Crippen LogP contribution in [-0.2, 0) is 6.42 Å². The van der Waals surface area contributed by atoms with Gasteiger partial charge < -0.3 is 9.47 Å². The summed E-state index contributed by atoms with van der Waals surface area (Å²) in [5, 5.41) is 1.75. The van der Waals surface area contributed by atoms with E-state index in [-0.39, 0.29) is 18.8 Å². The van der Waals surface area contributed by atoms with Gasteiger partial charge in [-0.25, -0.2) is 4.98 Å². The van der Waals surface area contributed by atoms with Crippen LogP contribution >= 0.6 is 23.2 Å². The maximum absolute atomic E-state index is 13.6. The van der Waals surface area contributed by atoms with E-state index in [9.17, 15) is 4.79 Å². The van der Waals surface area contributed by atoms with Crippen LogP contribution in [0.5, 0.6) is 11.5 Å². The second kappa shape index (κ2) is 9.37. The highest BCUT2D eigenvalue weighted by Gasteiger charge is 2.22. The van der Waals surface area contributed by atoms with Gasteiger partial charge in [-0.2, -0.15) is 0 Å². The number of para-hydroxylation sites is 1. The third-order valence-corrected chi connectivity index (χ3v) is 6.20. The molecule has 0 fully saturated rings. The van der Waals surface area contributed by atoms with E-state index < -0.39 is 0 Å². The quantitative estimate of drug-likeness (QED) is 0.334. The molecule has 170 valence electrons. The second-order valence-corrected chi connectivity index (χ2v) is 8.69. The molecule has 2 aromatic carbocycles. The van der Waals surface area contributed by atoms with Crippen LogP contribution in [0.15, 0.2) is 95.5 Å². The Balaban J connectivity index is 1.47. The smallest absolute Gasteiger partial charge is 0.264 e. The van der Waals surface area contributed by atoms with E-state index in [0.717, 1.165) is 22.2 Å². The number of pyridine rings is 2. The summed E-state index contributed by atoms with van der Waals surface area (Å²) in [6, 6.07) is 18.3. The summed E-state index contributed by atoms with van der Waals surface area (Å²) in [6.07, 6.45) is 4.05. The minimum absolute atomic E-state index is 0.153. The monoisotopic (exact) mass is 490 g/mol. The molecule has 0 unspecified atom stereocenters. The zero-order valence-electron chi connectivity index (χ0n) is 18.1. The average Bonchev–Trinajstić information content (AvgIpc) is 3.08. The first-order chi connectivity index (χ1) is 16.5. The lowest BCUT2D eigenvalue weighted by Gasteiger charge is -2.16. The topological polar surface area (TPSA) is 53.4 Å². The lowest BCUT2D eigenvalue weighted by molar-refractivity contribution is 0.336. The summed E-state index contributed by atoms with van der Waals surface area (Å²) in [7, 11) is 0. The van der Waals surface area contributed by atoms with E-state index >= 15 is 0 Å². The van der Waals surface area contributed by atoms with Crippen molar-refractivity contribution in [3.05, 3.63) is 117 Å². The molecule has 0 saturated heterocycles. The summed E-state index contributed by atoms with van der Waals surface area (Å²) >= 11 is 12.2.